The Morgan fingerprint density at radius 3 is 1.43 bits per heavy atom. The van der Waals surface area contributed by atoms with E-state index < -0.39 is 0 Å². The number of Topliss-reactive ketones (excluding diaryl/α,β-unsaturated/α-hetero) is 1. The van der Waals surface area contributed by atoms with Crippen molar-refractivity contribution in [2.45, 2.75) is 73.3 Å². The van der Waals surface area contributed by atoms with E-state index in [-0.39, 0.29) is 11.8 Å². The van der Waals surface area contributed by atoms with Crippen LogP contribution in [0, 0.1) is 0 Å². The summed E-state index contributed by atoms with van der Waals surface area (Å²) in [5.74, 6) is 0.0897. The fraction of sp³-hybridized carbons (Fsp3) is 0.917. The van der Waals surface area contributed by atoms with Gasteiger partial charge in [0.15, 0.2) is 0 Å². The minimum Gasteiger partial charge on any atom is -0.322 e. The maximum Gasteiger partial charge on any atom is 0.146 e. The second-order valence-corrected chi connectivity index (χ2v) is 3.42. The molecule has 0 aliphatic carbocycles. The van der Waals surface area contributed by atoms with Crippen LogP contribution < -0.4 is 5.73 Å². The molecule has 1 atom stereocenters. The zero-order valence-corrected chi connectivity index (χ0v) is 10.9. The van der Waals surface area contributed by atoms with E-state index in [1.54, 1.807) is 0 Å². The minimum absolute atomic E-state index is 0.0897. The van der Waals surface area contributed by atoms with E-state index in [2.05, 4.69) is 27.7 Å². The molecule has 1 unspecified atom stereocenters. The molecule has 88 valence electrons. The van der Waals surface area contributed by atoms with Crippen molar-refractivity contribution in [1.82, 2.24) is 0 Å². The number of carbonyl (C=O) groups is 1. The molecule has 0 aromatic rings. The molecule has 0 heterocycles. The van der Waals surface area contributed by atoms with Gasteiger partial charge in [-0.15, -0.1) is 0 Å². The van der Waals surface area contributed by atoms with Crippen molar-refractivity contribution in [3.8, 4) is 0 Å². The zero-order chi connectivity index (χ0) is 12.0. The molecule has 0 amide bonds. The molecule has 0 rings (SSSR count). The third-order valence-corrected chi connectivity index (χ3v) is 1.12. The normalized spacial score (nSPS) is 10.2. The van der Waals surface area contributed by atoms with E-state index >= 15 is 0 Å². The molecule has 0 saturated heterocycles. The monoisotopic (exact) mass is 203 g/mol. The molecule has 0 aromatic carbocycles. The van der Waals surface area contributed by atoms with Crippen molar-refractivity contribution in [3.05, 3.63) is 0 Å². The van der Waals surface area contributed by atoms with E-state index in [1.807, 2.05) is 6.92 Å². The maximum absolute atomic E-state index is 10.4. The van der Waals surface area contributed by atoms with Crippen molar-refractivity contribution < 1.29 is 4.79 Å². The van der Waals surface area contributed by atoms with Gasteiger partial charge >= 0.3 is 0 Å². The summed E-state index contributed by atoms with van der Waals surface area (Å²) in [6, 6.07) is -0.222. The molecule has 0 radical (unpaired) electrons. The van der Waals surface area contributed by atoms with Crippen molar-refractivity contribution in [1.29, 1.82) is 0 Å². The SMILES string of the molecule is CCC.CCC.CCCC(N)C(C)=O. The van der Waals surface area contributed by atoms with Gasteiger partial charge in [-0.3, -0.25) is 4.79 Å². The van der Waals surface area contributed by atoms with Gasteiger partial charge in [0.05, 0.1) is 6.04 Å². The van der Waals surface area contributed by atoms with Crippen LogP contribution in [0.25, 0.3) is 0 Å². The molecule has 0 aromatic heterocycles. The highest BCUT2D eigenvalue weighted by atomic mass is 16.1. The Morgan fingerprint density at radius 2 is 1.36 bits per heavy atom. The fourth-order valence-corrected chi connectivity index (χ4v) is 0.514. The van der Waals surface area contributed by atoms with Gasteiger partial charge in [0.1, 0.15) is 5.78 Å². The molecule has 0 spiro atoms. The van der Waals surface area contributed by atoms with Crippen LogP contribution in [0.15, 0.2) is 0 Å². The second-order valence-electron chi connectivity index (χ2n) is 3.42. The molecule has 0 fully saturated rings. The van der Waals surface area contributed by atoms with Crippen LogP contribution in [-0.4, -0.2) is 11.8 Å². The first-order chi connectivity index (χ1) is 6.51. The maximum atomic E-state index is 10.4. The van der Waals surface area contributed by atoms with Crippen LogP contribution in [0.2, 0.25) is 0 Å². The third-order valence-electron chi connectivity index (χ3n) is 1.12. The van der Waals surface area contributed by atoms with Crippen LogP contribution in [0.1, 0.15) is 67.2 Å². The van der Waals surface area contributed by atoms with Crippen molar-refractivity contribution in [2.75, 3.05) is 0 Å². The lowest BCUT2D eigenvalue weighted by atomic mass is 10.1. The molecular formula is C12H29NO. The first-order valence-electron chi connectivity index (χ1n) is 5.77. The third kappa shape index (κ3) is 29.9. The lowest BCUT2D eigenvalue weighted by molar-refractivity contribution is -0.118. The number of carbonyl (C=O) groups excluding carboxylic acids is 1. The number of hydrogen-bond donors (Lipinski definition) is 1. The molecule has 0 bridgehead atoms. The minimum atomic E-state index is -0.222. The van der Waals surface area contributed by atoms with E-state index in [4.69, 9.17) is 5.73 Å². The van der Waals surface area contributed by atoms with Crippen molar-refractivity contribution in [2.24, 2.45) is 5.73 Å². The van der Waals surface area contributed by atoms with Crippen LogP contribution in [-0.2, 0) is 4.79 Å². The number of nitrogens with two attached hydrogens (primary N) is 1. The average molecular weight is 203 g/mol. The number of rotatable bonds is 3. The van der Waals surface area contributed by atoms with Gasteiger partial charge < -0.3 is 5.73 Å². The second kappa shape index (κ2) is 18.4. The Labute approximate surface area is 90.3 Å². The summed E-state index contributed by atoms with van der Waals surface area (Å²) < 4.78 is 0. The van der Waals surface area contributed by atoms with Crippen LogP contribution in [0.3, 0.4) is 0 Å². The molecular weight excluding hydrogens is 174 g/mol. The van der Waals surface area contributed by atoms with Gasteiger partial charge in [-0.1, -0.05) is 53.9 Å². The van der Waals surface area contributed by atoms with Crippen LogP contribution >= 0.6 is 0 Å². The molecule has 2 heteroatoms. The fourth-order valence-electron chi connectivity index (χ4n) is 0.514. The number of hydrogen-bond acceptors (Lipinski definition) is 2. The Hall–Kier alpha value is -0.370. The predicted octanol–water partition coefficient (Wildman–Crippen LogP) is 3.54. The summed E-state index contributed by atoms with van der Waals surface area (Å²) in [5.41, 5.74) is 5.38. The molecule has 0 aliphatic rings. The highest BCUT2D eigenvalue weighted by Crippen LogP contribution is 1.92. The van der Waals surface area contributed by atoms with Crippen LogP contribution in [0.4, 0.5) is 0 Å². The summed E-state index contributed by atoms with van der Waals surface area (Å²) in [5, 5.41) is 0. The Balaban J connectivity index is -0.000000168. The summed E-state index contributed by atoms with van der Waals surface area (Å²) >= 11 is 0. The lowest BCUT2D eigenvalue weighted by Gasteiger charge is -2.02. The van der Waals surface area contributed by atoms with E-state index in [0.29, 0.717) is 0 Å². The summed E-state index contributed by atoms with van der Waals surface area (Å²) in [7, 11) is 0. The van der Waals surface area contributed by atoms with Gasteiger partial charge in [0, 0.05) is 0 Å². The highest BCUT2D eigenvalue weighted by Gasteiger charge is 2.03. The topological polar surface area (TPSA) is 43.1 Å². The standard InChI is InChI=1S/C6H13NO.2C3H8/c1-3-4-6(7)5(2)8;2*1-3-2/h6H,3-4,7H2,1-2H3;2*3H2,1-2H3. The van der Waals surface area contributed by atoms with Gasteiger partial charge in [-0.2, -0.15) is 0 Å². The van der Waals surface area contributed by atoms with E-state index in [9.17, 15) is 4.79 Å². The molecule has 0 aliphatic heterocycles. The quantitative estimate of drug-likeness (QED) is 0.762. The van der Waals surface area contributed by atoms with Gasteiger partial charge in [0.25, 0.3) is 0 Å². The molecule has 2 N–H and O–H groups in total. The summed E-state index contributed by atoms with van der Waals surface area (Å²) in [6.07, 6.45) is 4.30. The Kier molecular flexibility index (Phi) is 25.3. The van der Waals surface area contributed by atoms with Crippen molar-refractivity contribution >= 4 is 5.78 Å². The predicted molar refractivity (Wildman–Crippen MR) is 65.5 cm³/mol. The molecule has 0 saturated carbocycles. The van der Waals surface area contributed by atoms with Crippen LogP contribution in [0.5, 0.6) is 0 Å². The first kappa shape index (κ1) is 19.2. The van der Waals surface area contributed by atoms with Crippen molar-refractivity contribution in [3.63, 3.8) is 0 Å². The van der Waals surface area contributed by atoms with E-state index in [1.165, 1.54) is 19.8 Å². The Morgan fingerprint density at radius 1 is 1.07 bits per heavy atom. The first-order valence-corrected chi connectivity index (χ1v) is 5.77. The molecule has 14 heavy (non-hydrogen) atoms. The van der Waals surface area contributed by atoms with Gasteiger partial charge in [0.2, 0.25) is 0 Å². The van der Waals surface area contributed by atoms with E-state index in [0.717, 1.165) is 12.8 Å². The van der Waals surface area contributed by atoms with Gasteiger partial charge in [-0.05, 0) is 13.3 Å². The largest absolute Gasteiger partial charge is 0.322 e. The lowest BCUT2D eigenvalue weighted by Crippen LogP contribution is -2.27. The number of ketones is 1. The summed E-state index contributed by atoms with van der Waals surface area (Å²) in [6.45, 7) is 12.0. The highest BCUT2D eigenvalue weighted by molar-refractivity contribution is 5.80. The summed E-state index contributed by atoms with van der Waals surface area (Å²) in [4.78, 5) is 10.4. The Bertz CT molecular complexity index is 100. The molecule has 2 nitrogen and oxygen atoms in total. The zero-order valence-electron chi connectivity index (χ0n) is 10.9. The average Bonchev–Trinajstić information content (AvgIpc) is 2.07. The van der Waals surface area contributed by atoms with Gasteiger partial charge in [-0.25, -0.2) is 0 Å². The smallest absolute Gasteiger partial charge is 0.146 e.